The summed E-state index contributed by atoms with van der Waals surface area (Å²) in [5.74, 6) is -1.98. The van der Waals surface area contributed by atoms with Gasteiger partial charge in [0.1, 0.15) is 5.75 Å². The second kappa shape index (κ2) is 4.10. The minimum Gasteiger partial charge on any atom is -0.507 e. The van der Waals surface area contributed by atoms with Crippen LogP contribution in [-0.4, -0.2) is 5.11 Å². The lowest BCUT2D eigenvalue weighted by molar-refractivity contribution is 0.477. The van der Waals surface area contributed by atoms with Gasteiger partial charge in [-0.1, -0.05) is 23.7 Å². The van der Waals surface area contributed by atoms with Crippen molar-refractivity contribution >= 4 is 11.6 Å². The molecule has 0 fully saturated rings. The molecule has 0 aliphatic carbocycles. The lowest BCUT2D eigenvalue weighted by Crippen LogP contribution is -1.86. The van der Waals surface area contributed by atoms with E-state index in [2.05, 4.69) is 0 Å². The second-order valence-electron chi connectivity index (χ2n) is 3.26. The molecule has 2 rings (SSSR count). The van der Waals surface area contributed by atoms with Crippen molar-refractivity contribution < 1.29 is 13.9 Å². The molecule has 0 bridgehead atoms. The van der Waals surface area contributed by atoms with Crippen LogP contribution < -0.4 is 0 Å². The molecule has 2 aromatic carbocycles. The Morgan fingerprint density at radius 1 is 1.00 bits per heavy atom. The highest BCUT2D eigenvalue weighted by molar-refractivity contribution is 6.33. The normalized spacial score (nSPS) is 10.4. The molecule has 0 spiro atoms. The molecular formula is C12H7ClF2O. The Kier molecular flexibility index (Phi) is 2.79. The van der Waals surface area contributed by atoms with E-state index < -0.39 is 11.6 Å². The van der Waals surface area contributed by atoms with Crippen molar-refractivity contribution in [3.8, 4) is 16.9 Å². The molecule has 0 aliphatic rings. The van der Waals surface area contributed by atoms with Crippen molar-refractivity contribution in [2.24, 2.45) is 0 Å². The van der Waals surface area contributed by atoms with Gasteiger partial charge in [-0.25, -0.2) is 8.78 Å². The molecule has 1 N–H and O–H groups in total. The minimum absolute atomic E-state index is 0.0708. The summed E-state index contributed by atoms with van der Waals surface area (Å²) in [5, 5.41) is 9.89. The minimum atomic E-state index is -0.975. The number of rotatable bonds is 1. The topological polar surface area (TPSA) is 20.2 Å². The van der Waals surface area contributed by atoms with Crippen LogP contribution in [0.3, 0.4) is 0 Å². The van der Waals surface area contributed by atoms with E-state index in [1.807, 2.05) is 0 Å². The molecule has 0 saturated carbocycles. The molecule has 4 heteroatoms. The first kappa shape index (κ1) is 10.9. The van der Waals surface area contributed by atoms with E-state index in [1.165, 1.54) is 12.1 Å². The molecule has 0 aliphatic heterocycles. The van der Waals surface area contributed by atoms with Gasteiger partial charge in [0.15, 0.2) is 11.6 Å². The van der Waals surface area contributed by atoms with Gasteiger partial charge in [-0.05, 0) is 29.8 Å². The predicted molar refractivity (Wildman–Crippen MR) is 58.5 cm³/mol. The summed E-state index contributed by atoms with van der Waals surface area (Å²) in [6.07, 6.45) is 0. The van der Waals surface area contributed by atoms with E-state index in [1.54, 1.807) is 12.1 Å². The smallest absolute Gasteiger partial charge is 0.159 e. The highest BCUT2D eigenvalue weighted by atomic mass is 35.5. The number of hydrogen-bond acceptors (Lipinski definition) is 1. The van der Waals surface area contributed by atoms with Crippen molar-refractivity contribution in [2.75, 3.05) is 0 Å². The van der Waals surface area contributed by atoms with Gasteiger partial charge in [-0.3, -0.25) is 0 Å². The van der Waals surface area contributed by atoms with Crippen LogP contribution in [0.5, 0.6) is 5.75 Å². The fourth-order valence-corrected chi connectivity index (χ4v) is 1.73. The molecule has 0 amide bonds. The van der Waals surface area contributed by atoms with Gasteiger partial charge in [0, 0.05) is 5.56 Å². The third-order valence-electron chi connectivity index (χ3n) is 2.20. The van der Waals surface area contributed by atoms with Gasteiger partial charge >= 0.3 is 0 Å². The molecule has 82 valence electrons. The summed E-state index contributed by atoms with van der Waals surface area (Å²) in [4.78, 5) is 0. The number of hydrogen-bond donors (Lipinski definition) is 1. The number of phenolic OH excluding ortho intramolecular Hbond substituents is 1. The molecule has 0 unspecified atom stereocenters. The zero-order valence-electron chi connectivity index (χ0n) is 8.05. The van der Waals surface area contributed by atoms with Crippen LogP contribution >= 0.6 is 11.6 Å². The Morgan fingerprint density at radius 2 is 1.75 bits per heavy atom. The summed E-state index contributed by atoms with van der Waals surface area (Å²) in [7, 11) is 0. The van der Waals surface area contributed by atoms with Crippen LogP contribution in [-0.2, 0) is 0 Å². The van der Waals surface area contributed by atoms with Gasteiger partial charge in [-0.15, -0.1) is 0 Å². The molecule has 16 heavy (non-hydrogen) atoms. The number of halogens is 3. The molecule has 0 radical (unpaired) electrons. The molecular weight excluding hydrogens is 234 g/mol. The van der Waals surface area contributed by atoms with E-state index in [9.17, 15) is 13.9 Å². The van der Waals surface area contributed by atoms with Crippen molar-refractivity contribution in [3.63, 3.8) is 0 Å². The van der Waals surface area contributed by atoms with Crippen molar-refractivity contribution in [3.05, 3.63) is 53.1 Å². The van der Waals surface area contributed by atoms with Crippen LogP contribution in [0.1, 0.15) is 0 Å². The Hall–Kier alpha value is -1.61. The van der Waals surface area contributed by atoms with Gasteiger partial charge in [-0.2, -0.15) is 0 Å². The quantitative estimate of drug-likeness (QED) is 0.799. The third kappa shape index (κ3) is 1.86. The maximum atomic E-state index is 13.0. The largest absolute Gasteiger partial charge is 0.507 e. The monoisotopic (exact) mass is 240 g/mol. The molecule has 0 saturated heterocycles. The summed E-state index contributed by atoms with van der Waals surface area (Å²) in [6.45, 7) is 0. The lowest BCUT2D eigenvalue weighted by Gasteiger charge is -2.07. The van der Waals surface area contributed by atoms with E-state index in [0.29, 0.717) is 11.1 Å². The summed E-state index contributed by atoms with van der Waals surface area (Å²) >= 11 is 5.88. The first-order valence-corrected chi connectivity index (χ1v) is 4.90. The summed E-state index contributed by atoms with van der Waals surface area (Å²) in [6, 6.07) is 7.92. The van der Waals surface area contributed by atoms with Crippen LogP contribution in [0, 0.1) is 11.6 Å². The van der Waals surface area contributed by atoms with E-state index >= 15 is 0 Å². The van der Waals surface area contributed by atoms with E-state index in [4.69, 9.17) is 11.6 Å². The number of aromatic hydroxyl groups is 1. The highest BCUT2D eigenvalue weighted by Crippen LogP contribution is 2.35. The number of benzene rings is 2. The fourth-order valence-electron chi connectivity index (χ4n) is 1.45. The molecule has 0 aromatic heterocycles. The first-order valence-electron chi connectivity index (χ1n) is 4.52. The van der Waals surface area contributed by atoms with E-state index in [0.717, 1.165) is 12.1 Å². The van der Waals surface area contributed by atoms with Crippen LogP contribution in [0.4, 0.5) is 8.78 Å². The van der Waals surface area contributed by atoms with Crippen LogP contribution in [0.25, 0.3) is 11.1 Å². The Morgan fingerprint density at radius 3 is 2.38 bits per heavy atom. The standard InChI is InChI=1S/C12H7ClF2O/c13-8-2-1-3-11(16)12(8)7-4-5-9(14)10(15)6-7/h1-6,16H. The maximum absolute atomic E-state index is 13.0. The van der Waals surface area contributed by atoms with Gasteiger partial charge in [0.05, 0.1) is 5.02 Å². The Labute approximate surface area is 95.9 Å². The Balaban J connectivity index is 2.63. The zero-order valence-corrected chi connectivity index (χ0v) is 8.80. The molecule has 0 heterocycles. The van der Waals surface area contributed by atoms with Crippen LogP contribution in [0.15, 0.2) is 36.4 Å². The predicted octanol–water partition coefficient (Wildman–Crippen LogP) is 3.99. The fraction of sp³-hybridized carbons (Fsp3) is 0. The van der Waals surface area contributed by atoms with Gasteiger partial charge in [0.2, 0.25) is 0 Å². The lowest BCUT2D eigenvalue weighted by atomic mass is 10.0. The average molecular weight is 241 g/mol. The maximum Gasteiger partial charge on any atom is 0.159 e. The zero-order chi connectivity index (χ0) is 11.7. The summed E-state index contributed by atoms with van der Waals surface area (Å²) < 4.78 is 25.8. The molecule has 1 nitrogen and oxygen atoms in total. The van der Waals surface area contributed by atoms with Crippen molar-refractivity contribution in [2.45, 2.75) is 0 Å². The average Bonchev–Trinajstić information content (AvgIpc) is 2.23. The molecule has 0 atom stereocenters. The molecule has 2 aromatic rings. The van der Waals surface area contributed by atoms with Crippen LogP contribution in [0.2, 0.25) is 5.02 Å². The number of phenols is 1. The summed E-state index contributed by atoms with van der Waals surface area (Å²) in [5.41, 5.74) is 0.630. The van der Waals surface area contributed by atoms with E-state index in [-0.39, 0.29) is 10.8 Å². The van der Waals surface area contributed by atoms with Gasteiger partial charge in [0.25, 0.3) is 0 Å². The van der Waals surface area contributed by atoms with Gasteiger partial charge < -0.3 is 5.11 Å². The van der Waals surface area contributed by atoms with Crippen molar-refractivity contribution in [1.82, 2.24) is 0 Å². The third-order valence-corrected chi connectivity index (χ3v) is 2.51. The highest BCUT2D eigenvalue weighted by Gasteiger charge is 2.11. The SMILES string of the molecule is Oc1cccc(Cl)c1-c1ccc(F)c(F)c1. The van der Waals surface area contributed by atoms with Crippen molar-refractivity contribution in [1.29, 1.82) is 0 Å². The first-order chi connectivity index (χ1) is 7.59. The Bertz CT molecular complexity index is 520. The second-order valence-corrected chi connectivity index (χ2v) is 3.67.